The summed E-state index contributed by atoms with van der Waals surface area (Å²) in [4.78, 5) is 25.8. The number of nitrogens with zero attached hydrogens (tertiary/aromatic N) is 1. The topological polar surface area (TPSA) is 55.8 Å². The van der Waals surface area contributed by atoms with Crippen molar-refractivity contribution in [1.29, 1.82) is 0 Å². The van der Waals surface area contributed by atoms with Gasteiger partial charge in [0.1, 0.15) is 5.60 Å². The van der Waals surface area contributed by atoms with Crippen molar-refractivity contribution < 1.29 is 19.1 Å². The highest BCUT2D eigenvalue weighted by Gasteiger charge is 2.37. The number of carbonyl (C=O) groups excluding carboxylic acids is 2. The van der Waals surface area contributed by atoms with Crippen LogP contribution in [0.15, 0.2) is 24.3 Å². The van der Waals surface area contributed by atoms with E-state index in [-0.39, 0.29) is 24.0 Å². The Kier molecular flexibility index (Phi) is 5.52. The van der Waals surface area contributed by atoms with Crippen molar-refractivity contribution in [3.63, 3.8) is 0 Å². The Hall–Kier alpha value is -2.04. The molecule has 1 aliphatic heterocycles. The van der Waals surface area contributed by atoms with Gasteiger partial charge in [0, 0.05) is 18.5 Å². The zero-order valence-electron chi connectivity index (χ0n) is 15.2. The maximum Gasteiger partial charge on any atom is 0.410 e. The van der Waals surface area contributed by atoms with E-state index in [4.69, 9.17) is 9.47 Å². The van der Waals surface area contributed by atoms with E-state index < -0.39 is 5.60 Å². The number of methoxy groups -OCH3 is 1. The fourth-order valence-corrected chi connectivity index (χ4v) is 3.10. The summed E-state index contributed by atoms with van der Waals surface area (Å²) in [5, 5.41) is 0. The molecule has 0 aliphatic carbocycles. The molecule has 0 saturated carbocycles. The first-order valence-electron chi connectivity index (χ1n) is 8.43. The highest BCUT2D eigenvalue weighted by molar-refractivity contribution is 5.89. The molecule has 5 nitrogen and oxygen atoms in total. The fourth-order valence-electron chi connectivity index (χ4n) is 3.10. The molecule has 0 aromatic heterocycles. The van der Waals surface area contributed by atoms with Gasteiger partial charge < -0.3 is 14.4 Å². The van der Waals surface area contributed by atoms with Crippen LogP contribution in [0.3, 0.4) is 0 Å². The molecule has 1 saturated heterocycles. The molecule has 1 amide bonds. The molecular formula is C19H27NO4. The van der Waals surface area contributed by atoms with E-state index in [1.807, 2.05) is 37.8 Å². The molecule has 0 spiro atoms. The number of carbonyl (C=O) groups is 2. The average molecular weight is 333 g/mol. The minimum Gasteiger partial charge on any atom is -0.465 e. The molecule has 1 heterocycles. The Morgan fingerprint density at radius 2 is 1.83 bits per heavy atom. The Bertz CT molecular complexity index is 588. The molecule has 2 atom stereocenters. The predicted octanol–water partition coefficient (Wildman–Crippen LogP) is 3.98. The summed E-state index contributed by atoms with van der Waals surface area (Å²) < 4.78 is 10.3. The number of amides is 1. The fraction of sp³-hybridized carbons (Fsp3) is 0.579. The molecule has 132 valence electrons. The van der Waals surface area contributed by atoms with E-state index in [2.05, 4.69) is 6.92 Å². The second kappa shape index (κ2) is 7.24. The number of rotatable bonds is 3. The van der Waals surface area contributed by atoms with Crippen molar-refractivity contribution in [1.82, 2.24) is 4.90 Å². The highest BCUT2D eigenvalue weighted by Crippen LogP contribution is 2.34. The third-order valence-electron chi connectivity index (χ3n) is 4.32. The van der Waals surface area contributed by atoms with Crippen LogP contribution in [-0.2, 0) is 9.47 Å². The lowest BCUT2D eigenvalue weighted by atomic mass is 9.95. The quantitative estimate of drug-likeness (QED) is 0.785. The van der Waals surface area contributed by atoms with Gasteiger partial charge in [-0.3, -0.25) is 0 Å². The Morgan fingerprint density at radius 3 is 2.33 bits per heavy atom. The van der Waals surface area contributed by atoms with Gasteiger partial charge in [0.25, 0.3) is 0 Å². The second-order valence-corrected chi connectivity index (χ2v) is 7.24. The average Bonchev–Trinajstić information content (AvgIpc) is 2.97. The van der Waals surface area contributed by atoms with E-state index in [1.54, 1.807) is 12.1 Å². The number of esters is 1. The van der Waals surface area contributed by atoms with Crippen LogP contribution in [0.4, 0.5) is 4.79 Å². The molecule has 1 aliphatic rings. The van der Waals surface area contributed by atoms with E-state index in [9.17, 15) is 9.59 Å². The van der Waals surface area contributed by atoms with Crippen LogP contribution in [0.25, 0.3) is 0 Å². The number of likely N-dealkylation sites (tertiary alicyclic amines) is 1. The van der Waals surface area contributed by atoms with E-state index >= 15 is 0 Å². The van der Waals surface area contributed by atoms with Gasteiger partial charge in [-0.1, -0.05) is 19.1 Å². The number of hydrogen-bond acceptors (Lipinski definition) is 4. The van der Waals surface area contributed by atoms with Crippen LogP contribution in [0.5, 0.6) is 0 Å². The zero-order chi connectivity index (χ0) is 17.9. The second-order valence-electron chi connectivity index (χ2n) is 7.24. The molecule has 1 aromatic carbocycles. The maximum atomic E-state index is 12.4. The normalized spacial score (nSPS) is 20.8. The monoisotopic (exact) mass is 333 g/mol. The lowest BCUT2D eigenvalue weighted by Gasteiger charge is -2.28. The first-order valence-corrected chi connectivity index (χ1v) is 8.43. The summed E-state index contributed by atoms with van der Waals surface area (Å²) in [6.07, 6.45) is 1.56. The first-order chi connectivity index (χ1) is 11.2. The summed E-state index contributed by atoms with van der Waals surface area (Å²) >= 11 is 0. The first kappa shape index (κ1) is 18.3. The highest BCUT2D eigenvalue weighted by atomic mass is 16.6. The SMILES string of the molecule is CCC1CC(c2ccc(C(=O)OC)cc2)CN1C(=O)OC(C)(C)C. The lowest BCUT2D eigenvalue weighted by molar-refractivity contribution is 0.0221. The van der Waals surface area contributed by atoms with Crippen LogP contribution < -0.4 is 0 Å². The molecule has 1 aromatic rings. The van der Waals surface area contributed by atoms with Crippen molar-refractivity contribution >= 4 is 12.1 Å². The molecule has 5 heteroatoms. The zero-order valence-corrected chi connectivity index (χ0v) is 15.2. The number of benzene rings is 1. The molecule has 0 radical (unpaired) electrons. The smallest absolute Gasteiger partial charge is 0.410 e. The maximum absolute atomic E-state index is 12.4. The van der Waals surface area contributed by atoms with Crippen LogP contribution >= 0.6 is 0 Å². The molecule has 24 heavy (non-hydrogen) atoms. The van der Waals surface area contributed by atoms with Crippen LogP contribution in [0.1, 0.15) is 62.4 Å². The lowest BCUT2D eigenvalue weighted by Crippen LogP contribution is -2.39. The largest absolute Gasteiger partial charge is 0.465 e. The predicted molar refractivity (Wildman–Crippen MR) is 92.2 cm³/mol. The third kappa shape index (κ3) is 4.28. The van der Waals surface area contributed by atoms with Gasteiger partial charge in [-0.15, -0.1) is 0 Å². The van der Waals surface area contributed by atoms with Crippen LogP contribution in [-0.4, -0.2) is 42.3 Å². The van der Waals surface area contributed by atoms with Gasteiger partial charge in [-0.05, 0) is 51.3 Å². The third-order valence-corrected chi connectivity index (χ3v) is 4.32. The van der Waals surface area contributed by atoms with Crippen molar-refractivity contribution in [2.75, 3.05) is 13.7 Å². The minimum atomic E-state index is -0.490. The van der Waals surface area contributed by atoms with Crippen molar-refractivity contribution in [3.05, 3.63) is 35.4 Å². The van der Waals surface area contributed by atoms with Gasteiger partial charge in [0.15, 0.2) is 0 Å². The van der Waals surface area contributed by atoms with Gasteiger partial charge in [0.2, 0.25) is 0 Å². The Morgan fingerprint density at radius 1 is 1.21 bits per heavy atom. The van der Waals surface area contributed by atoms with Crippen molar-refractivity contribution in [2.45, 2.75) is 58.1 Å². The van der Waals surface area contributed by atoms with Crippen molar-refractivity contribution in [2.24, 2.45) is 0 Å². The summed E-state index contributed by atoms with van der Waals surface area (Å²) in [5.41, 5.74) is 1.18. The van der Waals surface area contributed by atoms with Gasteiger partial charge in [0.05, 0.1) is 12.7 Å². The molecule has 1 fully saturated rings. The summed E-state index contributed by atoms with van der Waals surface area (Å²) in [5.74, 6) is -0.0797. The van der Waals surface area contributed by atoms with Gasteiger partial charge in [-0.2, -0.15) is 0 Å². The van der Waals surface area contributed by atoms with Gasteiger partial charge in [-0.25, -0.2) is 9.59 Å². The van der Waals surface area contributed by atoms with Crippen LogP contribution in [0, 0.1) is 0 Å². The van der Waals surface area contributed by atoms with E-state index in [0.29, 0.717) is 12.1 Å². The summed E-state index contributed by atoms with van der Waals surface area (Å²) in [6.45, 7) is 8.37. The molecule has 0 bridgehead atoms. The number of ether oxygens (including phenoxy) is 2. The molecule has 0 N–H and O–H groups in total. The molecule has 2 unspecified atom stereocenters. The van der Waals surface area contributed by atoms with Crippen molar-refractivity contribution in [3.8, 4) is 0 Å². The Labute approximate surface area is 143 Å². The Balaban J connectivity index is 2.10. The van der Waals surface area contributed by atoms with E-state index in [0.717, 1.165) is 18.4 Å². The van der Waals surface area contributed by atoms with Crippen LogP contribution in [0.2, 0.25) is 0 Å². The summed E-state index contributed by atoms with van der Waals surface area (Å²) in [7, 11) is 1.37. The molecular weight excluding hydrogens is 306 g/mol. The molecule has 2 rings (SSSR count). The van der Waals surface area contributed by atoms with E-state index in [1.165, 1.54) is 7.11 Å². The minimum absolute atomic E-state index is 0.185. The standard InChI is InChI=1S/C19H27NO4/c1-6-16-11-15(12-20(16)18(22)24-19(2,3)4)13-7-9-14(10-8-13)17(21)23-5/h7-10,15-16H,6,11-12H2,1-5H3. The van der Waals surface area contributed by atoms with Gasteiger partial charge >= 0.3 is 12.1 Å². The summed E-state index contributed by atoms with van der Waals surface area (Å²) in [6, 6.07) is 7.63. The number of hydrogen-bond donors (Lipinski definition) is 0.